The highest BCUT2D eigenvalue weighted by molar-refractivity contribution is 9.10. The fourth-order valence-corrected chi connectivity index (χ4v) is 3.57. The quantitative estimate of drug-likeness (QED) is 0.716. The minimum absolute atomic E-state index is 0.0193. The highest BCUT2D eigenvalue weighted by Gasteiger charge is 2.23. The lowest BCUT2D eigenvalue weighted by Gasteiger charge is -2.16. The number of ether oxygens (including phenoxy) is 1. The third-order valence-corrected chi connectivity index (χ3v) is 5.93. The van der Waals surface area contributed by atoms with Crippen molar-refractivity contribution in [3.05, 3.63) is 52.5 Å². The predicted octanol–water partition coefficient (Wildman–Crippen LogP) is 3.28. The lowest BCUT2D eigenvalue weighted by Crippen LogP contribution is -2.23. The average Bonchev–Trinajstić information content (AvgIpc) is 2.58. The van der Waals surface area contributed by atoms with Gasteiger partial charge >= 0.3 is 0 Å². The number of amides is 1. The van der Waals surface area contributed by atoms with Crippen molar-refractivity contribution >= 4 is 37.5 Å². The summed E-state index contributed by atoms with van der Waals surface area (Å²) >= 11 is 3.35. The number of halogens is 1. The minimum atomic E-state index is -3.70. The summed E-state index contributed by atoms with van der Waals surface area (Å²) in [5.41, 5.74) is 1.26. The highest BCUT2D eigenvalue weighted by atomic mass is 79.9. The van der Waals surface area contributed by atoms with Crippen LogP contribution in [0.5, 0.6) is 5.75 Å². The summed E-state index contributed by atoms with van der Waals surface area (Å²) in [7, 11) is -0.803. The second kappa shape index (κ2) is 8.66. The Kier molecular flexibility index (Phi) is 6.80. The largest absolute Gasteiger partial charge is 0.492 e. The number of benzene rings is 2. The Bertz CT molecular complexity index is 881. The third kappa shape index (κ3) is 5.06. The molecule has 0 fully saturated rings. The molecule has 2 aromatic carbocycles. The van der Waals surface area contributed by atoms with Gasteiger partial charge < -0.3 is 10.1 Å². The van der Waals surface area contributed by atoms with Gasteiger partial charge in [-0.25, -0.2) is 12.7 Å². The van der Waals surface area contributed by atoms with Gasteiger partial charge in [0.25, 0.3) is 0 Å². The van der Waals surface area contributed by atoms with Crippen LogP contribution < -0.4 is 10.1 Å². The number of hydrogen-bond acceptors (Lipinski definition) is 4. The van der Waals surface area contributed by atoms with Gasteiger partial charge in [0, 0.05) is 24.3 Å². The molecule has 26 heavy (non-hydrogen) atoms. The summed E-state index contributed by atoms with van der Waals surface area (Å²) in [4.78, 5) is 12.3. The zero-order chi connectivity index (χ0) is 19.3. The van der Waals surface area contributed by atoms with Gasteiger partial charge in [-0.2, -0.15) is 0 Å². The maximum Gasteiger partial charge on any atom is 0.246 e. The summed E-state index contributed by atoms with van der Waals surface area (Å²) in [6.07, 6.45) is 0.191. The molecule has 0 atom stereocenters. The van der Waals surface area contributed by atoms with Crippen molar-refractivity contribution < 1.29 is 17.9 Å². The molecule has 0 aliphatic heterocycles. The van der Waals surface area contributed by atoms with Gasteiger partial charge in [-0.3, -0.25) is 4.79 Å². The van der Waals surface area contributed by atoms with E-state index >= 15 is 0 Å². The zero-order valence-electron chi connectivity index (χ0n) is 14.8. The van der Waals surface area contributed by atoms with E-state index in [0.29, 0.717) is 12.3 Å². The van der Waals surface area contributed by atoms with Crippen LogP contribution in [0.15, 0.2) is 51.8 Å². The standard InChI is InChI=1S/C18H21BrN2O4S/c1-4-25-16-10-9-15(12-17(16)26(23,24)21(2)3)20-18(22)11-13-5-7-14(19)8-6-13/h5-10,12H,4,11H2,1-3H3,(H,20,22). The number of rotatable bonds is 7. The Morgan fingerprint density at radius 2 is 1.81 bits per heavy atom. The zero-order valence-corrected chi connectivity index (χ0v) is 17.2. The molecule has 0 saturated heterocycles. The summed E-state index contributed by atoms with van der Waals surface area (Å²) in [5.74, 6) is 0.0248. The molecule has 0 unspecified atom stereocenters. The van der Waals surface area contributed by atoms with E-state index in [1.807, 2.05) is 24.3 Å². The third-order valence-electron chi connectivity index (χ3n) is 3.56. The van der Waals surface area contributed by atoms with Gasteiger partial charge in [-0.05, 0) is 42.8 Å². The maximum atomic E-state index is 12.5. The molecule has 140 valence electrons. The molecule has 2 aromatic rings. The molecular weight excluding hydrogens is 420 g/mol. The Labute approximate surface area is 162 Å². The van der Waals surface area contributed by atoms with Crippen molar-refractivity contribution in [2.75, 3.05) is 26.0 Å². The van der Waals surface area contributed by atoms with Crippen LogP contribution >= 0.6 is 15.9 Å². The number of sulfonamides is 1. The second-order valence-corrected chi connectivity index (χ2v) is 8.77. The number of anilines is 1. The lowest BCUT2D eigenvalue weighted by molar-refractivity contribution is -0.115. The maximum absolute atomic E-state index is 12.5. The van der Waals surface area contributed by atoms with Gasteiger partial charge in [-0.1, -0.05) is 28.1 Å². The van der Waals surface area contributed by atoms with Crippen molar-refractivity contribution in [1.29, 1.82) is 0 Å². The molecule has 0 saturated carbocycles. The summed E-state index contributed by atoms with van der Waals surface area (Å²) in [6.45, 7) is 2.12. The van der Waals surface area contributed by atoms with Crippen LogP contribution in [0.25, 0.3) is 0 Å². The number of nitrogens with one attached hydrogen (secondary N) is 1. The lowest BCUT2D eigenvalue weighted by atomic mass is 10.1. The number of carbonyl (C=O) groups is 1. The molecule has 0 aliphatic rings. The van der Waals surface area contributed by atoms with Crippen molar-refractivity contribution in [3.8, 4) is 5.75 Å². The number of hydrogen-bond donors (Lipinski definition) is 1. The monoisotopic (exact) mass is 440 g/mol. The molecular formula is C18H21BrN2O4S. The van der Waals surface area contributed by atoms with Crippen molar-refractivity contribution in [3.63, 3.8) is 0 Å². The molecule has 0 aromatic heterocycles. The number of nitrogens with zero attached hydrogens (tertiary/aromatic N) is 1. The predicted molar refractivity (Wildman–Crippen MR) is 105 cm³/mol. The van der Waals surface area contributed by atoms with Gasteiger partial charge in [0.1, 0.15) is 10.6 Å². The minimum Gasteiger partial charge on any atom is -0.492 e. The van der Waals surface area contributed by atoms with Gasteiger partial charge in [0.15, 0.2) is 0 Å². The molecule has 0 spiro atoms. The normalized spacial score (nSPS) is 11.4. The molecule has 0 heterocycles. The van der Waals surface area contributed by atoms with Crippen molar-refractivity contribution in [2.45, 2.75) is 18.2 Å². The smallest absolute Gasteiger partial charge is 0.246 e. The molecule has 1 amide bonds. The Balaban J connectivity index is 2.24. The van der Waals surface area contributed by atoms with Gasteiger partial charge in [-0.15, -0.1) is 0 Å². The van der Waals surface area contributed by atoms with Crippen LogP contribution in [0, 0.1) is 0 Å². The first-order chi connectivity index (χ1) is 12.2. The van der Waals surface area contributed by atoms with E-state index in [4.69, 9.17) is 4.74 Å². The molecule has 8 heteroatoms. The molecule has 0 radical (unpaired) electrons. The topological polar surface area (TPSA) is 75.7 Å². The first kappa shape index (κ1) is 20.4. The van der Waals surface area contributed by atoms with E-state index < -0.39 is 10.0 Å². The Morgan fingerprint density at radius 1 is 1.15 bits per heavy atom. The van der Waals surface area contributed by atoms with Crippen LogP contribution in [0.3, 0.4) is 0 Å². The van der Waals surface area contributed by atoms with Crippen molar-refractivity contribution in [2.24, 2.45) is 0 Å². The molecule has 0 aliphatic carbocycles. The number of carbonyl (C=O) groups excluding carboxylic acids is 1. The highest BCUT2D eigenvalue weighted by Crippen LogP contribution is 2.29. The molecule has 2 rings (SSSR count). The van der Waals surface area contributed by atoms with E-state index in [2.05, 4.69) is 21.2 Å². The Morgan fingerprint density at radius 3 is 2.38 bits per heavy atom. The van der Waals surface area contributed by atoms with E-state index in [9.17, 15) is 13.2 Å². The SMILES string of the molecule is CCOc1ccc(NC(=O)Cc2ccc(Br)cc2)cc1S(=O)(=O)N(C)C. The first-order valence-electron chi connectivity index (χ1n) is 7.97. The van der Waals surface area contributed by atoms with E-state index in [1.54, 1.807) is 19.1 Å². The average molecular weight is 441 g/mol. The van der Waals surface area contributed by atoms with Gasteiger partial charge in [0.05, 0.1) is 13.0 Å². The first-order valence-corrected chi connectivity index (χ1v) is 10.2. The summed E-state index contributed by atoms with van der Waals surface area (Å²) in [5, 5.41) is 2.74. The summed E-state index contributed by atoms with van der Waals surface area (Å²) < 4.78 is 32.5. The van der Waals surface area contributed by atoms with Crippen LogP contribution in [0.4, 0.5) is 5.69 Å². The summed E-state index contributed by atoms with van der Waals surface area (Å²) in [6, 6.07) is 12.0. The van der Waals surface area contributed by atoms with Crippen LogP contribution in [-0.4, -0.2) is 39.3 Å². The fourth-order valence-electron chi connectivity index (χ4n) is 2.25. The van der Waals surface area contributed by atoms with E-state index in [0.717, 1.165) is 14.3 Å². The van der Waals surface area contributed by atoms with E-state index in [1.165, 1.54) is 20.2 Å². The van der Waals surface area contributed by atoms with Crippen molar-refractivity contribution in [1.82, 2.24) is 4.31 Å². The molecule has 0 bridgehead atoms. The molecule has 1 N–H and O–H groups in total. The van der Waals surface area contributed by atoms with Crippen LogP contribution in [0.2, 0.25) is 0 Å². The fraction of sp³-hybridized carbons (Fsp3) is 0.278. The van der Waals surface area contributed by atoms with Crippen LogP contribution in [0.1, 0.15) is 12.5 Å². The Hall–Kier alpha value is -1.90. The van der Waals surface area contributed by atoms with Gasteiger partial charge in [0.2, 0.25) is 15.9 Å². The van der Waals surface area contributed by atoms with E-state index in [-0.39, 0.29) is 23.0 Å². The molecule has 6 nitrogen and oxygen atoms in total. The second-order valence-electron chi connectivity index (χ2n) is 5.73. The van der Waals surface area contributed by atoms with Crippen LogP contribution in [-0.2, 0) is 21.2 Å².